The minimum atomic E-state index is -3.80. The van der Waals surface area contributed by atoms with Crippen molar-refractivity contribution in [3.8, 4) is 0 Å². The fourth-order valence-corrected chi connectivity index (χ4v) is 6.76. The SMILES string of the molecule is COC(=O)c1c(NS(=O)(=O)c2c(C)cc(C)cc2C)sc2c1CCCC2. The van der Waals surface area contributed by atoms with Gasteiger partial charge in [-0.1, -0.05) is 17.7 Å². The summed E-state index contributed by atoms with van der Waals surface area (Å²) in [7, 11) is -2.48. The molecule has 0 aliphatic heterocycles. The zero-order valence-electron chi connectivity index (χ0n) is 15.4. The number of esters is 1. The van der Waals surface area contributed by atoms with Crippen molar-refractivity contribution in [1.29, 1.82) is 0 Å². The average molecular weight is 394 g/mol. The van der Waals surface area contributed by atoms with E-state index in [0.717, 1.165) is 41.7 Å². The second-order valence-corrected chi connectivity index (χ2v) is 9.46. The molecule has 2 aromatic rings. The molecular formula is C19H23NO4S2. The van der Waals surface area contributed by atoms with Gasteiger partial charge in [-0.2, -0.15) is 0 Å². The zero-order chi connectivity index (χ0) is 19.1. The largest absolute Gasteiger partial charge is 0.465 e. The Balaban J connectivity index is 2.09. The Morgan fingerprint density at radius 3 is 2.35 bits per heavy atom. The number of nitrogens with one attached hydrogen (secondary N) is 1. The minimum absolute atomic E-state index is 0.269. The minimum Gasteiger partial charge on any atom is -0.465 e. The van der Waals surface area contributed by atoms with E-state index in [1.165, 1.54) is 18.4 Å². The van der Waals surface area contributed by atoms with Crippen molar-refractivity contribution in [3.63, 3.8) is 0 Å². The van der Waals surface area contributed by atoms with Gasteiger partial charge >= 0.3 is 5.97 Å². The summed E-state index contributed by atoms with van der Waals surface area (Å²) in [6.07, 6.45) is 3.70. The first-order valence-corrected chi connectivity index (χ1v) is 10.9. The molecule has 5 nitrogen and oxygen atoms in total. The van der Waals surface area contributed by atoms with Crippen molar-refractivity contribution < 1.29 is 17.9 Å². The van der Waals surface area contributed by atoms with Crippen LogP contribution in [0.5, 0.6) is 0 Å². The van der Waals surface area contributed by atoms with Crippen LogP contribution >= 0.6 is 11.3 Å². The van der Waals surface area contributed by atoms with Crippen LogP contribution in [-0.2, 0) is 27.6 Å². The number of ether oxygens (including phenoxy) is 1. The van der Waals surface area contributed by atoms with E-state index in [-0.39, 0.29) is 4.90 Å². The lowest BCUT2D eigenvalue weighted by Crippen LogP contribution is -2.17. The number of carbonyl (C=O) groups excluding carboxylic acids is 1. The molecule has 0 amide bonds. The third-order valence-electron chi connectivity index (χ3n) is 4.66. The van der Waals surface area contributed by atoms with Gasteiger partial charge in [-0.15, -0.1) is 11.3 Å². The van der Waals surface area contributed by atoms with Gasteiger partial charge < -0.3 is 4.74 Å². The molecule has 1 aliphatic carbocycles. The van der Waals surface area contributed by atoms with Gasteiger partial charge in [0.25, 0.3) is 10.0 Å². The van der Waals surface area contributed by atoms with E-state index in [0.29, 0.717) is 21.7 Å². The summed E-state index contributed by atoms with van der Waals surface area (Å²) in [5, 5.41) is 0.364. The van der Waals surface area contributed by atoms with Gasteiger partial charge in [0.05, 0.1) is 17.6 Å². The molecule has 0 saturated carbocycles. The maximum absolute atomic E-state index is 13.1. The van der Waals surface area contributed by atoms with Gasteiger partial charge in [-0.3, -0.25) is 4.72 Å². The van der Waals surface area contributed by atoms with Crippen molar-refractivity contribution in [3.05, 3.63) is 44.8 Å². The van der Waals surface area contributed by atoms with E-state index in [1.54, 1.807) is 13.8 Å². The summed E-state index contributed by atoms with van der Waals surface area (Å²) in [6.45, 7) is 5.51. The Morgan fingerprint density at radius 2 is 1.73 bits per heavy atom. The van der Waals surface area contributed by atoms with E-state index >= 15 is 0 Å². The third-order valence-corrected chi connectivity index (χ3v) is 7.65. The van der Waals surface area contributed by atoms with E-state index in [1.807, 2.05) is 19.1 Å². The number of benzene rings is 1. The van der Waals surface area contributed by atoms with Gasteiger partial charge in [0, 0.05) is 4.88 Å². The highest BCUT2D eigenvalue weighted by atomic mass is 32.2. The second kappa shape index (κ2) is 7.04. The second-order valence-electron chi connectivity index (χ2n) is 6.74. The van der Waals surface area contributed by atoms with Crippen LogP contribution < -0.4 is 4.72 Å². The molecule has 3 rings (SSSR count). The molecule has 0 atom stereocenters. The van der Waals surface area contributed by atoms with E-state index in [2.05, 4.69) is 4.72 Å². The molecule has 0 fully saturated rings. The molecule has 1 heterocycles. The number of hydrogen-bond acceptors (Lipinski definition) is 5. The first kappa shape index (κ1) is 18.9. The number of sulfonamides is 1. The Kier molecular flexibility index (Phi) is 5.12. The number of thiophene rings is 1. The quantitative estimate of drug-likeness (QED) is 0.793. The van der Waals surface area contributed by atoms with Gasteiger partial charge in [-0.05, 0) is 63.1 Å². The van der Waals surface area contributed by atoms with Crippen LogP contribution in [0, 0.1) is 20.8 Å². The van der Waals surface area contributed by atoms with Crippen molar-refractivity contribution >= 4 is 32.3 Å². The van der Waals surface area contributed by atoms with Crippen LogP contribution in [0.2, 0.25) is 0 Å². The molecule has 1 aromatic heterocycles. The lowest BCUT2D eigenvalue weighted by molar-refractivity contribution is 0.0601. The normalized spacial score (nSPS) is 14.0. The highest BCUT2D eigenvalue weighted by Crippen LogP contribution is 2.40. The zero-order valence-corrected chi connectivity index (χ0v) is 17.1. The number of fused-ring (bicyclic) bond motifs is 1. The van der Waals surface area contributed by atoms with Crippen molar-refractivity contribution in [2.75, 3.05) is 11.8 Å². The standard InChI is InChI=1S/C19H23NO4S2/c1-11-9-12(2)17(13(3)10-11)26(22,23)20-18-16(19(21)24-4)14-7-5-6-8-15(14)25-18/h9-10,20H,5-8H2,1-4H3. The van der Waals surface area contributed by atoms with Crippen LogP contribution in [0.1, 0.15) is 50.3 Å². The molecule has 0 bridgehead atoms. The maximum atomic E-state index is 13.1. The molecular weight excluding hydrogens is 370 g/mol. The molecule has 140 valence electrons. The molecule has 0 unspecified atom stereocenters. The maximum Gasteiger partial charge on any atom is 0.341 e. The third kappa shape index (κ3) is 3.38. The first-order valence-electron chi connectivity index (χ1n) is 8.58. The molecule has 7 heteroatoms. The van der Waals surface area contributed by atoms with Crippen molar-refractivity contribution in [2.24, 2.45) is 0 Å². The lowest BCUT2D eigenvalue weighted by atomic mass is 9.95. The number of hydrogen-bond donors (Lipinski definition) is 1. The summed E-state index contributed by atoms with van der Waals surface area (Å²) in [6, 6.07) is 3.70. The molecule has 0 saturated heterocycles. The summed E-state index contributed by atoms with van der Waals surface area (Å²) in [4.78, 5) is 13.7. The Labute approximate surface area is 158 Å². The van der Waals surface area contributed by atoms with E-state index < -0.39 is 16.0 Å². The van der Waals surface area contributed by atoms with Gasteiger partial charge in [0.2, 0.25) is 0 Å². The van der Waals surface area contributed by atoms with Crippen LogP contribution in [0.25, 0.3) is 0 Å². The molecule has 0 radical (unpaired) electrons. The predicted octanol–water partition coefficient (Wildman–Crippen LogP) is 4.14. The van der Waals surface area contributed by atoms with Crippen molar-refractivity contribution in [2.45, 2.75) is 51.3 Å². The number of rotatable bonds is 4. The van der Waals surface area contributed by atoms with E-state index in [9.17, 15) is 13.2 Å². The first-order chi connectivity index (χ1) is 12.2. The number of aryl methyl sites for hydroxylation is 4. The molecule has 0 spiro atoms. The Morgan fingerprint density at radius 1 is 1.12 bits per heavy atom. The van der Waals surface area contributed by atoms with Crippen LogP contribution in [0.4, 0.5) is 5.00 Å². The molecule has 1 aliphatic rings. The van der Waals surface area contributed by atoms with Gasteiger partial charge in [0.1, 0.15) is 5.00 Å². The highest BCUT2D eigenvalue weighted by molar-refractivity contribution is 7.93. The van der Waals surface area contributed by atoms with Gasteiger partial charge in [0.15, 0.2) is 0 Å². The van der Waals surface area contributed by atoms with Crippen LogP contribution in [0.3, 0.4) is 0 Å². The summed E-state index contributed by atoms with van der Waals surface area (Å²) in [5.41, 5.74) is 3.70. The topological polar surface area (TPSA) is 72.5 Å². The number of methoxy groups -OCH3 is 1. The Hall–Kier alpha value is -1.86. The molecule has 1 N–H and O–H groups in total. The number of carbonyl (C=O) groups is 1. The van der Waals surface area contributed by atoms with Gasteiger partial charge in [-0.25, -0.2) is 13.2 Å². The molecule has 1 aromatic carbocycles. The number of anilines is 1. The van der Waals surface area contributed by atoms with Crippen LogP contribution in [0.15, 0.2) is 17.0 Å². The fourth-order valence-electron chi connectivity index (χ4n) is 3.72. The fraction of sp³-hybridized carbons (Fsp3) is 0.421. The predicted molar refractivity (Wildman–Crippen MR) is 104 cm³/mol. The van der Waals surface area contributed by atoms with E-state index in [4.69, 9.17) is 4.74 Å². The lowest BCUT2D eigenvalue weighted by Gasteiger charge is -2.14. The van der Waals surface area contributed by atoms with Crippen LogP contribution in [-0.4, -0.2) is 21.5 Å². The monoisotopic (exact) mass is 393 g/mol. The summed E-state index contributed by atoms with van der Waals surface area (Å²) < 4.78 is 33.7. The smallest absolute Gasteiger partial charge is 0.341 e. The average Bonchev–Trinajstić information content (AvgIpc) is 2.89. The summed E-state index contributed by atoms with van der Waals surface area (Å²) in [5.74, 6) is -0.487. The van der Waals surface area contributed by atoms with Crippen molar-refractivity contribution in [1.82, 2.24) is 0 Å². The summed E-state index contributed by atoms with van der Waals surface area (Å²) >= 11 is 1.35. The molecule has 26 heavy (non-hydrogen) atoms. The highest BCUT2D eigenvalue weighted by Gasteiger charge is 2.29. The Bertz CT molecular complexity index is 951.